The van der Waals surface area contributed by atoms with E-state index in [0.717, 1.165) is 0 Å². The second kappa shape index (κ2) is 3.50. The highest BCUT2D eigenvalue weighted by atomic mass is 35.5. The van der Waals surface area contributed by atoms with E-state index in [1.54, 1.807) is 0 Å². The molecule has 0 aliphatic heterocycles. The topological polar surface area (TPSA) is 55.2 Å². The Kier molecular flexibility index (Phi) is 2.62. The Balaban J connectivity index is 2.99. The number of aliphatic hydroxyl groups excluding tert-OH is 1. The first-order valence-electron chi connectivity index (χ1n) is 2.94. The van der Waals surface area contributed by atoms with Crippen LogP contribution in [0, 0.1) is 0 Å². The van der Waals surface area contributed by atoms with Gasteiger partial charge < -0.3 is 9.84 Å². The van der Waals surface area contributed by atoms with Crippen molar-refractivity contribution in [3.05, 3.63) is 17.0 Å². The number of ether oxygens (including phenoxy) is 1. The van der Waals surface area contributed by atoms with Gasteiger partial charge in [0.25, 0.3) is 0 Å². The number of aliphatic hydroxyl groups is 1. The van der Waals surface area contributed by atoms with Crippen molar-refractivity contribution < 1.29 is 9.84 Å². The summed E-state index contributed by atoms with van der Waals surface area (Å²) >= 11 is 5.59. The van der Waals surface area contributed by atoms with E-state index in [1.807, 2.05) is 0 Å². The van der Waals surface area contributed by atoms with E-state index in [-0.39, 0.29) is 11.8 Å². The van der Waals surface area contributed by atoms with Gasteiger partial charge in [0, 0.05) is 0 Å². The van der Waals surface area contributed by atoms with Crippen LogP contribution in [-0.4, -0.2) is 22.2 Å². The first-order chi connectivity index (χ1) is 5.27. The molecule has 1 heterocycles. The fourth-order valence-corrected chi connectivity index (χ4v) is 0.773. The van der Waals surface area contributed by atoms with E-state index >= 15 is 0 Å². The van der Waals surface area contributed by atoms with Gasteiger partial charge >= 0.3 is 0 Å². The van der Waals surface area contributed by atoms with Crippen LogP contribution in [0.1, 0.15) is 5.69 Å². The Labute approximate surface area is 68.8 Å². The monoisotopic (exact) mass is 174 g/mol. The molecule has 0 unspecified atom stereocenters. The number of hydrogen-bond donors (Lipinski definition) is 1. The molecule has 0 spiro atoms. The summed E-state index contributed by atoms with van der Waals surface area (Å²) in [5.74, 6) is 0.340. The van der Waals surface area contributed by atoms with Crippen LogP contribution in [0.2, 0.25) is 5.15 Å². The van der Waals surface area contributed by atoms with Gasteiger partial charge in [-0.2, -0.15) is 4.98 Å². The van der Waals surface area contributed by atoms with Gasteiger partial charge in [0.05, 0.1) is 19.9 Å². The SMILES string of the molecule is COc1cnc(CO)c(Cl)n1. The van der Waals surface area contributed by atoms with Crippen molar-refractivity contribution >= 4 is 11.6 Å². The van der Waals surface area contributed by atoms with Crippen molar-refractivity contribution in [1.29, 1.82) is 0 Å². The highest BCUT2D eigenvalue weighted by Gasteiger charge is 2.02. The molecule has 0 amide bonds. The van der Waals surface area contributed by atoms with Crippen LogP contribution < -0.4 is 4.74 Å². The maximum absolute atomic E-state index is 8.65. The number of methoxy groups -OCH3 is 1. The van der Waals surface area contributed by atoms with Crippen molar-refractivity contribution in [1.82, 2.24) is 9.97 Å². The first-order valence-corrected chi connectivity index (χ1v) is 3.32. The van der Waals surface area contributed by atoms with Crippen LogP contribution in [0.25, 0.3) is 0 Å². The molecule has 0 aliphatic rings. The normalized spacial score (nSPS) is 9.73. The summed E-state index contributed by atoms with van der Waals surface area (Å²) in [6.07, 6.45) is 1.40. The van der Waals surface area contributed by atoms with Crippen LogP contribution in [0.5, 0.6) is 5.88 Å². The number of rotatable bonds is 2. The highest BCUT2D eigenvalue weighted by molar-refractivity contribution is 6.30. The van der Waals surface area contributed by atoms with Gasteiger partial charge in [-0.1, -0.05) is 11.6 Å². The van der Waals surface area contributed by atoms with Crippen molar-refractivity contribution in [3.63, 3.8) is 0 Å². The quantitative estimate of drug-likeness (QED) is 0.715. The summed E-state index contributed by atoms with van der Waals surface area (Å²) in [5, 5.41) is 8.83. The number of nitrogens with zero attached hydrogens (tertiary/aromatic N) is 2. The Morgan fingerprint density at radius 2 is 2.45 bits per heavy atom. The molecule has 0 fully saturated rings. The molecule has 0 radical (unpaired) electrons. The Morgan fingerprint density at radius 3 is 2.91 bits per heavy atom. The average molecular weight is 175 g/mol. The summed E-state index contributed by atoms with van der Waals surface area (Å²) in [6, 6.07) is 0. The molecule has 60 valence electrons. The van der Waals surface area contributed by atoms with Gasteiger partial charge in [-0.05, 0) is 0 Å². The zero-order chi connectivity index (χ0) is 8.27. The largest absolute Gasteiger partial charge is 0.480 e. The lowest BCUT2D eigenvalue weighted by Crippen LogP contribution is -1.95. The van der Waals surface area contributed by atoms with Crippen molar-refractivity contribution in [2.24, 2.45) is 0 Å². The fourth-order valence-electron chi connectivity index (χ4n) is 0.581. The van der Waals surface area contributed by atoms with Gasteiger partial charge in [-0.3, -0.25) is 0 Å². The maximum atomic E-state index is 8.65. The molecule has 0 atom stereocenters. The van der Waals surface area contributed by atoms with Crippen LogP contribution in [0.15, 0.2) is 6.20 Å². The van der Waals surface area contributed by atoms with Gasteiger partial charge in [0.1, 0.15) is 5.69 Å². The summed E-state index contributed by atoms with van der Waals surface area (Å²) in [7, 11) is 1.47. The Hall–Kier alpha value is -0.870. The van der Waals surface area contributed by atoms with Gasteiger partial charge in [-0.15, -0.1) is 0 Å². The highest BCUT2D eigenvalue weighted by Crippen LogP contribution is 2.13. The molecule has 11 heavy (non-hydrogen) atoms. The van der Waals surface area contributed by atoms with Crippen molar-refractivity contribution in [2.45, 2.75) is 6.61 Å². The summed E-state index contributed by atoms with van der Waals surface area (Å²) in [4.78, 5) is 7.58. The molecule has 1 aromatic rings. The smallest absolute Gasteiger partial charge is 0.233 e. The third-order valence-electron chi connectivity index (χ3n) is 1.14. The van der Waals surface area contributed by atoms with Gasteiger partial charge in [0.15, 0.2) is 5.15 Å². The summed E-state index contributed by atoms with van der Waals surface area (Å²) < 4.78 is 4.75. The lowest BCUT2D eigenvalue weighted by atomic mass is 10.5. The molecule has 1 rings (SSSR count). The third kappa shape index (κ3) is 1.78. The summed E-state index contributed by atoms with van der Waals surface area (Å²) in [5.41, 5.74) is 0.354. The number of aromatic nitrogens is 2. The predicted octanol–water partition coefficient (Wildman–Crippen LogP) is 0.631. The lowest BCUT2D eigenvalue weighted by molar-refractivity contribution is 0.275. The van der Waals surface area contributed by atoms with Crippen LogP contribution in [0.4, 0.5) is 0 Å². The molecule has 0 aliphatic carbocycles. The van der Waals surface area contributed by atoms with Crippen LogP contribution >= 0.6 is 11.6 Å². The average Bonchev–Trinajstić information content (AvgIpc) is 2.04. The van der Waals surface area contributed by atoms with E-state index in [2.05, 4.69) is 9.97 Å². The minimum atomic E-state index is -0.212. The molecular formula is C6H7ClN2O2. The molecule has 0 saturated carbocycles. The van der Waals surface area contributed by atoms with E-state index < -0.39 is 0 Å². The minimum absolute atomic E-state index is 0.173. The summed E-state index contributed by atoms with van der Waals surface area (Å²) in [6.45, 7) is -0.212. The molecule has 0 bridgehead atoms. The fraction of sp³-hybridized carbons (Fsp3) is 0.333. The second-order valence-corrected chi connectivity index (χ2v) is 2.17. The zero-order valence-corrected chi connectivity index (χ0v) is 6.67. The van der Waals surface area contributed by atoms with Crippen molar-refractivity contribution in [2.75, 3.05) is 7.11 Å². The second-order valence-electron chi connectivity index (χ2n) is 1.81. The number of halogens is 1. The van der Waals surface area contributed by atoms with Gasteiger partial charge in [-0.25, -0.2) is 4.98 Å². The van der Waals surface area contributed by atoms with E-state index in [1.165, 1.54) is 13.3 Å². The number of hydrogen-bond acceptors (Lipinski definition) is 4. The van der Waals surface area contributed by atoms with E-state index in [0.29, 0.717) is 11.6 Å². The molecule has 1 aromatic heterocycles. The Bertz CT molecular complexity index is 254. The molecule has 0 aromatic carbocycles. The molecule has 4 nitrogen and oxygen atoms in total. The van der Waals surface area contributed by atoms with Crippen LogP contribution in [-0.2, 0) is 6.61 Å². The predicted molar refractivity (Wildman–Crippen MR) is 39.5 cm³/mol. The van der Waals surface area contributed by atoms with Gasteiger partial charge in [0.2, 0.25) is 5.88 Å². The third-order valence-corrected chi connectivity index (χ3v) is 1.44. The zero-order valence-electron chi connectivity index (χ0n) is 5.91. The molecule has 5 heteroatoms. The lowest BCUT2D eigenvalue weighted by Gasteiger charge is -2.00. The van der Waals surface area contributed by atoms with Crippen LogP contribution in [0.3, 0.4) is 0 Å². The van der Waals surface area contributed by atoms with E-state index in [9.17, 15) is 0 Å². The van der Waals surface area contributed by atoms with E-state index in [4.69, 9.17) is 21.4 Å². The molecule has 1 N–H and O–H groups in total. The van der Waals surface area contributed by atoms with Crippen molar-refractivity contribution in [3.8, 4) is 5.88 Å². The first kappa shape index (κ1) is 8.23. The molecular weight excluding hydrogens is 168 g/mol. The minimum Gasteiger partial charge on any atom is -0.480 e. The maximum Gasteiger partial charge on any atom is 0.233 e. The molecule has 0 saturated heterocycles. The Morgan fingerprint density at radius 1 is 1.73 bits per heavy atom. The standard InChI is InChI=1S/C6H7ClN2O2/c1-11-5-2-8-4(3-10)6(7)9-5/h2,10H,3H2,1H3.